The fraction of sp³-hybridized carbons (Fsp3) is 0. The number of halogens is 4. The third kappa shape index (κ3) is 3.41. The van der Waals surface area contributed by atoms with Crippen LogP contribution in [0.1, 0.15) is 0 Å². The first kappa shape index (κ1) is 18.0. The van der Waals surface area contributed by atoms with Gasteiger partial charge in [-0.25, -0.2) is 17.6 Å². The Bertz CT molecular complexity index is 1110. The van der Waals surface area contributed by atoms with Crippen LogP contribution < -0.4 is 0 Å². The van der Waals surface area contributed by atoms with E-state index < -0.39 is 23.3 Å². The van der Waals surface area contributed by atoms with Crippen LogP contribution in [0.25, 0.3) is 33.4 Å². The van der Waals surface area contributed by atoms with Gasteiger partial charge in [-0.1, -0.05) is 66.7 Å². The Kier molecular flexibility index (Phi) is 4.70. The van der Waals surface area contributed by atoms with Crippen molar-refractivity contribution in [2.75, 3.05) is 0 Å². The van der Waals surface area contributed by atoms with Gasteiger partial charge in [-0.2, -0.15) is 0 Å². The molecule has 0 saturated carbocycles. The van der Waals surface area contributed by atoms with Crippen molar-refractivity contribution in [3.63, 3.8) is 0 Å². The fourth-order valence-electron chi connectivity index (χ4n) is 3.18. The number of rotatable bonds is 3. The summed E-state index contributed by atoms with van der Waals surface area (Å²) in [7, 11) is 0. The van der Waals surface area contributed by atoms with E-state index in [1.165, 1.54) is 18.2 Å². The Morgan fingerprint density at radius 3 is 1.39 bits per heavy atom. The van der Waals surface area contributed by atoms with Gasteiger partial charge in [0.15, 0.2) is 11.6 Å². The Labute approximate surface area is 159 Å². The van der Waals surface area contributed by atoms with E-state index >= 15 is 0 Å². The molecule has 4 rings (SSSR count). The first-order valence-corrected chi connectivity index (χ1v) is 8.63. The van der Waals surface area contributed by atoms with Gasteiger partial charge in [0.05, 0.1) is 0 Å². The highest BCUT2D eigenvalue weighted by Gasteiger charge is 2.16. The SMILES string of the molecule is Fc1cc(F)cc(-c2ccc(-c3ccc(-c4ccccc4)c(F)c3F)cc2)c1. The monoisotopic (exact) mass is 378 g/mol. The molecule has 0 aliphatic heterocycles. The lowest BCUT2D eigenvalue weighted by Crippen LogP contribution is -1.94. The standard InChI is InChI=1S/C24H14F4/c25-19-12-18(13-20(26)14-19)15-6-8-17(9-7-15)22-11-10-21(23(27)24(22)28)16-4-2-1-3-5-16/h1-14H. The molecule has 28 heavy (non-hydrogen) atoms. The normalized spacial score (nSPS) is 10.9. The Balaban J connectivity index is 1.71. The van der Waals surface area contributed by atoms with E-state index in [1.54, 1.807) is 60.7 Å². The average molecular weight is 378 g/mol. The molecule has 0 amide bonds. The zero-order chi connectivity index (χ0) is 19.7. The van der Waals surface area contributed by atoms with Crippen molar-refractivity contribution in [2.24, 2.45) is 0 Å². The van der Waals surface area contributed by atoms with Gasteiger partial charge < -0.3 is 0 Å². The Morgan fingerprint density at radius 2 is 0.857 bits per heavy atom. The molecule has 4 aromatic rings. The quantitative estimate of drug-likeness (QED) is 0.330. The summed E-state index contributed by atoms with van der Waals surface area (Å²) in [5.74, 6) is -3.21. The lowest BCUT2D eigenvalue weighted by atomic mass is 9.97. The van der Waals surface area contributed by atoms with Gasteiger partial charge in [0, 0.05) is 17.2 Å². The van der Waals surface area contributed by atoms with Gasteiger partial charge in [-0.3, -0.25) is 0 Å². The highest BCUT2D eigenvalue weighted by atomic mass is 19.2. The predicted molar refractivity (Wildman–Crippen MR) is 103 cm³/mol. The molecule has 4 heteroatoms. The minimum Gasteiger partial charge on any atom is -0.207 e. The summed E-state index contributed by atoms with van der Waals surface area (Å²) < 4.78 is 56.1. The van der Waals surface area contributed by atoms with Gasteiger partial charge in [0.1, 0.15) is 11.6 Å². The van der Waals surface area contributed by atoms with Crippen LogP contribution in [0.5, 0.6) is 0 Å². The predicted octanol–water partition coefficient (Wildman–Crippen LogP) is 7.24. The molecule has 0 spiro atoms. The smallest absolute Gasteiger partial charge is 0.167 e. The van der Waals surface area contributed by atoms with Crippen LogP contribution in [-0.4, -0.2) is 0 Å². The van der Waals surface area contributed by atoms with E-state index in [-0.39, 0.29) is 11.1 Å². The fourth-order valence-corrected chi connectivity index (χ4v) is 3.18. The zero-order valence-corrected chi connectivity index (χ0v) is 14.6. The van der Waals surface area contributed by atoms with E-state index in [0.717, 1.165) is 6.07 Å². The van der Waals surface area contributed by atoms with Crippen LogP contribution in [0.4, 0.5) is 17.6 Å². The van der Waals surface area contributed by atoms with Gasteiger partial charge in [0.2, 0.25) is 0 Å². The Hall–Kier alpha value is -3.40. The van der Waals surface area contributed by atoms with Gasteiger partial charge >= 0.3 is 0 Å². The summed E-state index contributed by atoms with van der Waals surface area (Å²) in [4.78, 5) is 0. The summed E-state index contributed by atoms with van der Waals surface area (Å²) in [6.45, 7) is 0. The van der Waals surface area contributed by atoms with Crippen molar-refractivity contribution < 1.29 is 17.6 Å². The summed E-state index contributed by atoms with van der Waals surface area (Å²) in [6.07, 6.45) is 0. The van der Waals surface area contributed by atoms with Crippen LogP contribution in [0.3, 0.4) is 0 Å². The molecule has 4 aromatic carbocycles. The summed E-state index contributed by atoms with van der Waals surface area (Å²) in [5.41, 5.74) is 2.31. The largest absolute Gasteiger partial charge is 0.207 e. The maximum atomic E-state index is 14.7. The van der Waals surface area contributed by atoms with Crippen LogP contribution in [0, 0.1) is 23.3 Å². The number of hydrogen-bond donors (Lipinski definition) is 0. The van der Waals surface area contributed by atoms with Crippen molar-refractivity contribution in [1.29, 1.82) is 0 Å². The molecular weight excluding hydrogens is 364 g/mol. The molecule has 0 aliphatic rings. The second-order valence-electron chi connectivity index (χ2n) is 6.39. The summed E-state index contributed by atoms with van der Waals surface area (Å²) >= 11 is 0. The van der Waals surface area contributed by atoms with Crippen molar-refractivity contribution in [3.8, 4) is 33.4 Å². The molecule has 0 heterocycles. The van der Waals surface area contributed by atoms with Crippen LogP contribution in [-0.2, 0) is 0 Å². The van der Waals surface area contributed by atoms with Crippen molar-refractivity contribution >= 4 is 0 Å². The third-order valence-corrected chi connectivity index (χ3v) is 4.56. The average Bonchev–Trinajstić information content (AvgIpc) is 2.70. The van der Waals surface area contributed by atoms with Crippen LogP contribution in [0.2, 0.25) is 0 Å². The highest BCUT2D eigenvalue weighted by Crippen LogP contribution is 2.32. The van der Waals surface area contributed by atoms with E-state index in [2.05, 4.69) is 0 Å². The van der Waals surface area contributed by atoms with E-state index in [4.69, 9.17) is 0 Å². The minimum atomic E-state index is -0.939. The number of hydrogen-bond acceptors (Lipinski definition) is 0. The molecule has 0 bridgehead atoms. The topological polar surface area (TPSA) is 0 Å². The van der Waals surface area contributed by atoms with E-state index in [0.29, 0.717) is 22.3 Å². The van der Waals surface area contributed by atoms with E-state index in [1.807, 2.05) is 0 Å². The second kappa shape index (κ2) is 7.31. The molecule has 0 unspecified atom stereocenters. The summed E-state index contributed by atoms with van der Waals surface area (Å²) in [5, 5.41) is 0. The molecule has 0 N–H and O–H groups in total. The molecule has 0 nitrogen and oxygen atoms in total. The lowest BCUT2D eigenvalue weighted by molar-refractivity contribution is 0.514. The van der Waals surface area contributed by atoms with Crippen LogP contribution in [0.15, 0.2) is 84.9 Å². The molecule has 0 radical (unpaired) electrons. The highest BCUT2D eigenvalue weighted by molar-refractivity contribution is 5.74. The van der Waals surface area contributed by atoms with Crippen LogP contribution >= 0.6 is 0 Å². The first-order chi connectivity index (χ1) is 13.5. The molecule has 0 aliphatic carbocycles. The van der Waals surface area contributed by atoms with Crippen molar-refractivity contribution in [2.45, 2.75) is 0 Å². The Morgan fingerprint density at radius 1 is 0.393 bits per heavy atom. The van der Waals surface area contributed by atoms with Gasteiger partial charge in [-0.15, -0.1) is 0 Å². The van der Waals surface area contributed by atoms with Gasteiger partial charge in [0.25, 0.3) is 0 Å². The molecule has 0 atom stereocenters. The van der Waals surface area contributed by atoms with Crippen molar-refractivity contribution in [3.05, 3.63) is 108 Å². The number of benzene rings is 4. The molecule has 0 aromatic heterocycles. The second-order valence-corrected chi connectivity index (χ2v) is 6.39. The third-order valence-electron chi connectivity index (χ3n) is 4.56. The first-order valence-electron chi connectivity index (χ1n) is 8.63. The summed E-state index contributed by atoms with van der Waals surface area (Å²) in [6, 6.07) is 21.5. The van der Waals surface area contributed by atoms with E-state index in [9.17, 15) is 17.6 Å². The molecule has 0 fully saturated rings. The molecule has 0 saturated heterocycles. The maximum absolute atomic E-state index is 14.7. The lowest BCUT2D eigenvalue weighted by Gasteiger charge is -2.10. The minimum absolute atomic E-state index is 0.120. The van der Waals surface area contributed by atoms with Crippen molar-refractivity contribution in [1.82, 2.24) is 0 Å². The zero-order valence-electron chi connectivity index (χ0n) is 14.6. The molecular formula is C24H14F4. The van der Waals surface area contributed by atoms with Gasteiger partial charge in [-0.05, 0) is 34.4 Å². The maximum Gasteiger partial charge on any atom is 0.167 e. The molecule has 138 valence electrons.